The summed E-state index contributed by atoms with van der Waals surface area (Å²) in [7, 11) is 0. The molecule has 0 aromatic rings. The highest BCUT2D eigenvalue weighted by Crippen LogP contribution is 2.67. The minimum Gasteiger partial charge on any atom is -0.393 e. The Morgan fingerprint density at radius 1 is 0.920 bits per heavy atom. The Balaban J connectivity index is 1.73. The molecule has 0 saturated heterocycles. The van der Waals surface area contributed by atoms with Gasteiger partial charge in [-0.3, -0.25) is 0 Å². The van der Waals surface area contributed by atoms with E-state index in [0.717, 1.165) is 25.7 Å². The van der Waals surface area contributed by atoms with Crippen molar-refractivity contribution in [2.45, 2.75) is 77.1 Å². The third kappa shape index (κ3) is 2.31. The Morgan fingerprint density at radius 3 is 2.32 bits per heavy atom. The van der Waals surface area contributed by atoms with Crippen LogP contribution in [0.25, 0.3) is 0 Å². The molecule has 0 spiro atoms. The van der Waals surface area contributed by atoms with Gasteiger partial charge < -0.3 is 15.3 Å². The van der Waals surface area contributed by atoms with Crippen LogP contribution in [0.1, 0.15) is 58.8 Å². The second-order valence-electron chi connectivity index (χ2n) is 9.55. The van der Waals surface area contributed by atoms with Gasteiger partial charge in [-0.25, -0.2) is 0 Å². The lowest BCUT2D eigenvalue weighted by Crippen LogP contribution is -2.63. The van der Waals surface area contributed by atoms with Gasteiger partial charge in [0.1, 0.15) is 0 Å². The third-order valence-corrected chi connectivity index (χ3v) is 8.74. The average molecular weight is 356 g/mol. The minimum atomic E-state index is -1.54. The summed E-state index contributed by atoms with van der Waals surface area (Å²) in [6.45, 7) is 4.13. The first-order chi connectivity index (χ1) is 11.7. The fraction of sp³-hybridized carbons (Fsp3) is 0.900. The van der Waals surface area contributed by atoms with E-state index < -0.39 is 29.8 Å². The molecule has 0 radical (unpaired) electrons. The average Bonchev–Trinajstić information content (AvgIpc) is 2.91. The zero-order valence-electron chi connectivity index (χ0n) is 15.1. The number of hydrogen-bond acceptors (Lipinski definition) is 3. The maximum absolute atomic E-state index is 13.5. The summed E-state index contributed by atoms with van der Waals surface area (Å²) >= 11 is 0. The molecule has 0 aliphatic heterocycles. The third-order valence-electron chi connectivity index (χ3n) is 8.74. The molecule has 142 valence electrons. The molecule has 9 atom stereocenters. The summed E-state index contributed by atoms with van der Waals surface area (Å²) in [4.78, 5) is 0. The van der Waals surface area contributed by atoms with Crippen LogP contribution in [0.5, 0.6) is 0 Å². The summed E-state index contributed by atoms with van der Waals surface area (Å²) in [5.74, 6) is 0.0220. The summed E-state index contributed by atoms with van der Waals surface area (Å²) in [6.07, 6.45) is 1.05. The van der Waals surface area contributed by atoms with Crippen molar-refractivity contribution in [3.8, 4) is 0 Å². The summed E-state index contributed by atoms with van der Waals surface area (Å²) in [6, 6.07) is 0. The zero-order valence-corrected chi connectivity index (χ0v) is 15.1. The molecule has 3 N–H and O–H groups in total. The maximum Gasteiger partial charge on any atom is 0.270 e. The molecule has 4 saturated carbocycles. The predicted octanol–water partition coefficient (Wildman–Crippen LogP) is 3.48. The molecule has 4 rings (SSSR count). The standard InChI is InChI=1S/C20H30F2O3/c1-19-8-6-12-15(11(19)3-4-13(19)18(21)22)17(25)16(24)14-9-10(23)5-7-20(12,14)2/h10-12,14-17,23-25H,3-9H2,1-2H3/t10-,11?,12?,14?,15?,16+,17+,19-,20+/m0/s1. The number of rotatable bonds is 0. The van der Waals surface area contributed by atoms with Crippen molar-refractivity contribution >= 4 is 0 Å². The molecule has 0 aromatic heterocycles. The quantitative estimate of drug-likeness (QED) is 0.623. The summed E-state index contributed by atoms with van der Waals surface area (Å²) < 4.78 is 27.0. The maximum atomic E-state index is 13.5. The first-order valence-electron chi connectivity index (χ1n) is 9.79. The van der Waals surface area contributed by atoms with E-state index in [9.17, 15) is 24.1 Å². The molecule has 0 heterocycles. The second-order valence-corrected chi connectivity index (χ2v) is 9.55. The van der Waals surface area contributed by atoms with Crippen LogP contribution in [-0.4, -0.2) is 33.6 Å². The lowest BCUT2D eigenvalue weighted by Gasteiger charge is -2.63. The Kier molecular flexibility index (Phi) is 4.10. The Hall–Kier alpha value is -0.520. The van der Waals surface area contributed by atoms with Crippen LogP contribution in [0.2, 0.25) is 0 Å². The van der Waals surface area contributed by atoms with Crippen molar-refractivity contribution in [1.82, 2.24) is 0 Å². The van der Waals surface area contributed by atoms with Crippen LogP contribution in [0.4, 0.5) is 8.78 Å². The molecule has 3 nitrogen and oxygen atoms in total. The highest BCUT2D eigenvalue weighted by Gasteiger charge is 2.64. The Bertz CT molecular complexity index is 589. The van der Waals surface area contributed by atoms with Crippen LogP contribution in [-0.2, 0) is 0 Å². The van der Waals surface area contributed by atoms with Crippen molar-refractivity contribution in [3.63, 3.8) is 0 Å². The van der Waals surface area contributed by atoms with Crippen molar-refractivity contribution in [2.75, 3.05) is 0 Å². The van der Waals surface area contributed by atoms with Gasteiger partial charge in [0.15, 0.2) is 0 Å². The van der Waals surface area contributed by atoms with Gasteiger partial charge in [0.2, 0.25) is 0 Å². The molecular weight excluding hydrogens is 326 g/mol. The van der Waals surface area contributed by atoms with Gasteiger partial charge in [-0.05, 0) is 79.4 Å². The molecule has 0 amide bonds. The molecular formula is C20H30F2O3. The molecule has 0 aromatic carbocycles. The molecule has 4 aliphatic rings. The van der Waals surface area contributed by atoms with E-state index in [1.807, 2.05) is 6.92 Å². The number of aliphatic hydroxyl groups is 3. The van der Waals surface area contributed by atoms with E-state index in [2.05, 4.69) is 6.92 Å². The van der Waals surface area contributed by atoms with E-state index in [0.29, 0.717) is 19.3 Å². The van der Waals surface area contributed by atoms with E-state index in [1.165, 1.54) is 0 Å². The number of fused-ring (bicyclic) bond motifs is 5. The number of aliphatic hydroxyl groups excluding tert-OH is 3. The van der Waals surface area contributed by atoms with Crippen LogP contribution < -0.4 is 0 Å². The van der Waals surface area contributed by atoms with E-state index in [-0.39, 0.29) is 34.7 Å². The number of halogens is 2. The molecule has 5 heteroatoms. The second kappa shape index (κ2) is 5.74. The van der Waals surface area contributed by atoms with Crippen molar-refractivity contribution in [2.24, 2.45) is 34.5 Å². The number of hydrogen-bond donors (Lipinski definition) is 3. The van der Waals surface area contributed by atoms with E-state index in [4.69, 9.17) is 0 Å². The topological polar surface area (TPSA) is 60.7 Å². The Labute approximate surface area is 148 Å². The predicted molar refractivity (Wildman–Crippen MR) is 89.8 cm³/mol. The first kappa shape index (κ1) is 17.9. The van der Waals surface area contributed by atoms with Crippen LogP contribution >= 0.6 is 0 Å². The van der Waals surface area contributed by atoms with Gasteiger partial charge in [-0.1, -0.05) is 13.8 Å². The SMILES string of the molecule is C[C@]12CC[C@H](O)CC1[C@@H](O)[C@H](O)C1C2CC[C@]2(C)C(=C(F)F)CCC12. The van der Waals surface area contributed by atoms with E-state index >= 15 is 0 Å². The van der Waals surface area contributed by atoms with Crippen molar-refractivity contribution in [3.05, 3.63) is 11.7 Å². The molecule has 0 bridgehead atoms. The van der Waals surface area contributed by atoms with Gasteiger partial charge in [0, 0.05) is 5.57 Å². The highest BCUT2D eigenvalue weighted by atomic mass is 19.3. The van der Waals surface area contributed by atoms with Crippen molar-refractivity contribution in [1.29, 1.82) is 0 Å². The fourth-order valence-corrected chi connectivity index (χ4v) is 7.36. The van der Waals surface area contributed by atoms with Crippen LogP contribution in [0.3, 0.4) is 0 Å². The van der Waals surface area contributed by atoms with Crippen LogP contribution in [0, 0.1) is 34.5 Å². The monoisotopic (exact) mass is 356 g/mol. The highest BCUT2D eigenvalue weighted by molar-refractivity contribution is 5.25. The van der Waals surface area contributed by atoms with Gasteiger partial charge in [-0.2, -0.15) is 8.78 Å². The Morgan fingerprint density at radius 2 is 1.64 bits per heavy atom. The summed E-state index contributed by atoms with van der Waals surface area (Å²) in [5, 5.41) is 31.9. The largest absolute Gasteiger partial charge is 0.393 e. The van der Waals surface area contributed by atoms with E-state index in [1.54, 1.807) is 0 Å². The normalized spacial score (nSPS) is 55.3. The molecule has 25 heavy (non-hydrogen) atoms. The lowest BCUT2D eigenvalue weighted by atomic mass is 9.43. The van der Waals surface area contributed by atoms with Gasteiger partial charge >= 0.3 is 0 Å². The first-order valence-corrected chi connectivity index (χ1v) is 9.79. The van der Waals surface area contributed by atoms with Crippen LogP contribution in [0.15, 0.2) is 11.7 Å². The van der Waals surface area contributed by atoms with Gasteiger partial charge in [-0.15, -0.1) is 0 Å². The van der Waals surface area contributed by atoms with Gasteiger partial charge in [0.25, 0.3) is 6.08 Å². The smallest absolute Gasteiger partial charge is 0.270 e. The van der Waals surface area contributed by atoms with Gasteiger partial charge in [0.05, 0.1) is 18.3 Å². The molecule has 4 fully saturated rings. The summed E-state index contributed by atoms with van der Waals surface area (Å²) in [5.41, 5.74) is -0.383. The number of allylic oxidation sites excluding steroid dienone is 1. The molecule has 4 aliphatic carbocycles. The lowest BCUT2D eigenvalue weighted by molar-refractivity contribution is -0.218. The van der Waals surface area contributed by atoms with Crippen molar-refractivity contribution < 1.29 is 24.1 Å². The fourth-order valence-electron chi connectivity index (χ4n) is 7.36. The zero-order chi connectivity index (χ0) is 18.1. The molecule has 4 unspecified atom stereocenters. The minimum absolute atomic E-state index is 0.0111.